The third-order valence-corrected chi connectivity index (χ3v) is 4.51. The maximum absolute atomic E-state index is 6.38. The highest BCUT2D eigenvalue weighted by molar-refractivity contribution is 5.30. The fourth-order valence-electron chi connectivity index (χ4n) is 3.26. The Hall–Kier alpha value is -1.60. The largest absolute Gasteiger partial charge is 0.356 e. The van der Waals surface area contributed by atoms with Crippen molar-refractivity contribution in [2.45, 2.75) is 32.7 Å². The lowest BCUT2D eigenvalue weighted by molar-refractivity contribution is -0.287. The lowest BCUT2D eigenvalue weighted by atomic mass is 9.93. The summed E-state index contributed by atoms with van der Waals surface area (Å²) in [5.41, 5.74) is 4.15. The third-order valence-electron chi connectivity index (χ3n) is 4.51. The highest BCUT2D eigenvalue weighted by Crippen LogP contribution is 2.41. The van der Waals surface area contributed by atoms with E-state index in [1.807, 2.05) is 0 Å². The van der Waals surface area contributed by atoms with Crippen LogP contribution in [-0.2, 0) is 28.4 Å². The number of hydrogen-bond donors (Lipinski definition) is 2. The van der Waals surface area contributed by atoms with E-state index < -0.39 is 5.79 Å². The number of rotatable bonds is 6. The summed E-state index contributed by atoms with van der Waals surface area (Å²) in [6, 6.07) is 8.35. The average molecular weight is 361 g/mol. The molecule has 2 aromatic heterocycles. The molecular formula is C20H32N4O2. The van der Waals surface area contributed by atoms with Crippen LogP contribution in [0.4, 0.5) is 0 Å². The zero-order valence-corrected chi connectivity index (χ0v) is 16.8. The first-order valence-electron chi connectivity index (χ1n) is 9.14. The third kappa shape index (κ3) is 4.04. The van der Waals surface area contributed by atoms with Crippen LogP contribution in [0.1, 0.15) is 36.6 Å². The quantitative estimate of drug-likeness (QED) is 0.832. The van der Waals surface area contributed by atoms with Gasteiger partial charge in [0.25, 0.3) is 5.79 Å². The number of ether oxygens (including phenoxy) is 2. The Balaban J connectivity index is 1.95. The molecule has 0 amide bonds. The highest BCUT2D eigenvalue weighted by Gasteiger charge is 2.45. The van der Waals surface area contributed by atoms with Crippen LogP contribution in [0.3, 0.4) is 0 Å². The Morgan fingerprint density at radius 1 is 0.808 bits per heavy atom. The fourth-order valence-corrected chi connectivity index (χ4v) is 3.26. The predicted octanol–water partition coefficient (Wildman–Crippen LogP) is 2.74. The summed E-state index contributed by atoms with van der Waals surface area (Å²) in [6.45, 7) is 7.29. The molecule has 6 nitrogen and oxygen atoms in total. The van der Waals surface area contributed by atoms with E-state index in [1.54, 1.807) is 0 Å². The van der Waals surface area contributed by atoms with Crippen molar-refractivity contribution in [2.75, 3.05) is 41.4 Å². The van der Waals surface area contributed by atoms with Crippen molar-refractivity contribution in [2.24, 2.45) is 5.41 Å². The minimum Gasteiger partial charge on any atom is -0.356 e. The van der Waals surface area contributed by atoms with Crippen molar-refractivity contribution in [3.05, 3.63) is 47.0 Å². The van der Waals surface area contributed by atoms with Gasteiger partial charge in [0.15, 0.2) is 0 Å². The zero-order valence-electron chi connectivity index (χ0n) is 16.8. The number of H-pyrrole nitrogens is 2. The summed E-state index contributed by atoms with van der Waals surface area (Å²) in [6.07, 6.45) is 0. The van der Waals surface area contributed by atoms with Crippen LogP contribution in [0.5, 0.6) is 0 Å². The van der Waals surface area contributed by atoms with E-state index in [1.165, 1.54) is 0 Å². The maximum atomic E-state index is 6.38. The van der Waals surface area contributed by atoms with Gasteiger partial charge in [0.1, 0.15) is 0 Å². The molecule has 26 heavy (non-hydrogen) atoms. The Bertz CT molecular complexity index is 670. The van der Waals surface area contributed by atoms with Crippen molar-refractivity contribution in [1.82, 2.24) is 19.8 Å². The first-order valence-corrected chi connectivity index (χ1v) is 9.14. The first kappa shape index (κ1) is 19.2. The van der Waals surface area contributed by atoms with Gasteiger partial charge in [0.05, 0.1) is 24.6 Å². The number of aromatic amines is 2. The second-order valence-electron chi connectivity index (χ2n) is 8.63. The molecule has 0 aliphatic carbocycles. The molecule has 1 saturated heterocycles. The van der Waals surface area contributed by atoms with Crippen LogP contribution in [0, 0.1) is 5.41 Å². The standard InChI is InChI=1S/C20H32N4O2/c1-19(2)13-25-20(26-14-19,17-9-7-15(21-17)11-23(3)4)18-10-8-16(22-18)12-24(5)6/h7-10,21-22H,11-14H2,1-6H3. The van der Waals surface area contributed by atoms with Crippen LogP contribution in [0.2, 0.25) is 0 Å². The Kier molecular flexibility index (Phi) is 5.30. The van der Waals surface area contributed by atoms with E-state index in [2.05, 4.69) is 86.1 Å². The molecular weight excluding hydrogens is 328 g/mol. The van der Waals surface area contributed by atoms with Crippen molar-refractivity contribution in [3.8, 4) is 0 Å². The molecule has 0 spiro atoms. The van der Waals surface area contributed by atoms with E-state index in [-0.39, 0.29) is 5.41 Å². The summed E-state index contributed by atoms with van der Waals surface area (Å²) < 4.78 is 12.8. The molecule has 0 unspecified atom stereocenters. The lowest BCUT2D eigenvalue weighted by Gasteiger charge is -2.42. The number of nitrogens with zero attached hydrogens (tertiary/aromatic N) is 2. The van der Waals surface area contributed by atoms with Gasteiger partial charge in [-0.1, -0.05) is 13.8 Å². The maximum Gasteiger partial charge on any atom is 0.253 e. The van der Waals surface area contributed by atoms with E-state index in [4.69, 9.17) is 9.47 Å². The molecule has 0 aromatic carbocycles. The van der Waals surface area contributed by atoms with Crippen LogP contribution in [0.15, 0.2) is 24.3 Å². The summed E-state index contributed by atoms with van der Waals surface area (Å²) in [5, 5.41) is 0. The van der Waals surface area contributed by atoms with Crippen LogP contribution in [-0.4, -0.2) is 61.2 Å². The molecule has 144 valence electrons. The highest BCUT2D eigenvalue weighted by atomic mass is 16.7. The summed E-state index contributed by atoms with van der Waals surface area (Å²) in [7, 11) is 8.24. The van der Waals surface area contributed by atoms with Crippen LogP contribution < -0.4 is 0 Å². The average Bonchev–Trinajstić information content (AvgIpc) is 3.17. The van der Waals surface area contributed by atoms with Gasteiger partial charge in [-0.15, -0.1) is 0 Å². The topological polar surface area (TPSA) is 56.5 Å². The van der Waals surface area contributed by atoms with Crippen LogP contribution in [0.25, 0.3) is 0 Å². The Labute approximate surface area is 156 Å². The van der Waals surface area contributed by atoms with Crippen LogP contribution >= 0.6 is 0 Å². The molecule has 0 bridgehead atoms. The van der Waals surface area contributed by atoms with Gasteiger partial charge in [-0.2, -0.15) is 0 Å². The predicted molar refractivity (Wildman–Crippen MR) is 103 cm³/mol. The Morgan fingerprint density at radius 3 is 1.62 bits per heavy atom. The first-order chi connectivity index (χ1) is 12.2. The van der Waals surface area contributed by atoms with Crippen molar-refractivity contribution >= 4 is 0 Å². The van der Waals surface area contributed by atoms with Crippen molar-refractivity contribution < 1.29 is 9.47 Å². The fraction of sp³-hybridized carbons (Fsp3) is 0.600. The van der Waals surface area contributed by atoms with Gasteiger partial charge in [-0.05, 0) is 52.5 Å². The lowest BCUT2D eigenvalue weighted by Crippen LogP contribution is -2.46. The molecule has 2 aromatic rings. The van der Waals surface area contributed by atoms with Gasteiger partial charge >= 0.3 is 0 Å². The van der Waals surface area contributed by atoms with E-state index in [9.17, 15) is 0 Å². The smallest absolute Gasteiger partial charge is 0.253 e. The molecule has 0 atom stereocenters. The number of nitrogens with one attached hydrogen (secondary N) is 2. The molecule has 2 N–H and O–H groups in total. The molecule has 3 rings (SSSR count). The summed E-state index contributed by atoms with van der Waals surface area (Å²) >= 11 is 0. The Morgan fingerprint density at radius 2 is 1.23 bits per heavy atom. The molecule has 6 heteroatoms. The van der Waals surface area contributed by atoms with Crippen molar-refractivity contribution in [3.63, 3.8) is 0 Å². The molecule has 1 fully saturated rings. The molecule has 1 aliphatic rings. The van der Waals surface area contributed by atoms with Gasteiger partial charge in [-0.3, -0.25) is 0 Å². The van der Waals surface area contributed by atoms with Gasteiger partial charge < -0.3 is 29.2 Å². The summed E-state index contributed by atoms with van der Waals surface area (Å²) in [4.78, 5) is 11.3. The number of aromatic nitrogens is 2. The van der Waals surface area contributed by atoms with Gasteiger partial charge in [0, 0.05) is 29.9 Å². The van der Waals surface area contributed by atoms with Gasteiger partial charge in [0.2, 0.25) is 0 Å². The second-order valence-corrected chi connectivity index (χ2v) is 8.63. The zero-order chi connectivity index (χ0) is 18.9. The summed E-state index contributed by atoms with van der Waals surface area (Å²) in [5.74, 6) is -0.912. The normalized spacial score (nSPS) is 19.4. The molecule has 0 radical (unpaired) electrons. The van der Waals surface area contributed by atoms with E-state index in [0.29, 0.717) is 13.2 Å². The van der Waals surface area contributed by atoms with E-state index in [0.717, 1.165) is 35.9 Å². The second kappa shape index (κ2) is 7.19. The SMILES string of the molecule is CN(C)Cc1ccc(C2(c3ccc(CN(C)C)[nH]3)OCC(C)(C)CO2)[nH]1. The van der Waals surface area contributed by atoms with Gasteiger partial charge in [-0.25, -0.2) is 0 Å². The van der Waals surface area contributed by atoms with Crippen molar-refractivity contribution in [1.29, 1.82) is 0 Å². The molecule has 0 saturated carbocycles. The monoisotopic (exact) mass is 360 g/mol. The molecule has 3 heterocycles. The minimum atomic E-state index is -0.912. The minimum absolute atomic E-state index is 0.00161. The molecule has 1 aliphatic heterocycles. The van der Waals surface area contributed by atoms with E-state index >= 15 is 0 Å². The number of hydrogen-bond acceptors (Lipinski definition) is 4.